The Morgan fingerprint density at radius 3 is 2.03 bits per heavy atom. The molecule has 0 unspecified atom stereocenters. The molecule has 10 atom stereocenters. The topological polar surface area (TPSA) is 256 Å². The molecule has 3 saturated carbocycles. The Bertz CT molecular complexity index is 1580. The smallest absolute Gasteiger partial charge is 0.481 e. The van der Waals surface area contributed by atoms with Gasteiger partial charge in [0.25, 0.3) is 0 Å². The summed E-state index contributed by atoms with van der Waals surface area (Å²) in [6.45, 7) is 18.2. The summed E-state index contributed by atoms with van der Waals surface area (Å²) in [4.78, 5) is 92.4. The summed E-state index contributed by atoms with van der Waals surface area (Å²) in [7, 11) is -0.619. The second-order valence-electron chi connectivity index (χ2n) is 19.1. The summed E-state index contributed by atoms with van der Waals surface area (Å²) < 4.78 is 13.4. The molecule has 0 radical (unpaired) electrons. The van der Waals surface area contributed by atoms with E-state index >= 15 is 0 Å². The fraction of sp³-hybridized carbons (Fsp3) is 0.829. The Morgan fingerprint density at radius 2 is 1.46 bits per heavy atom. The molecule has 0 aromatic heterocycles. The van der Waals surface area contributed by atoms with Crippen molar-refractivity contribution in [2.75, 3.05) is 6.54 Å². The Hall–Kier alpha value is -3.77. The Kier molecular flexibility index (Phi) is 16.0. The van der Waals surface area contributed by atoms with Crippen molar-refractivity contribution >= 4 is 48.6 Å². The Balaban J connectivity index is 1.46. The molecule has 3 aliphatic carbocycles. The average Bonchev–Trinajstić information content (AvgIpc) is 3.77. The van der Waals surface area contributed by atoms with Crippen LogP contribution in [-0.4, -0.2) is 118 Å². The molecular formula is C41H69BN6O11. The van der Waals surface area contributed by atoms with Gasteiger partial charge in [-0.2, -0.15) is 0 Å². The van der Waals surface area contributed by atoms with Crippen LogP contribution in [0.1, 0.15) is 127 Å². The van der Waals surface area contributed by atoms with Gasteiger partial charge >= 0.3 is 19.1 Å². The van der Waals surface area contributed by atoms with Crippen LogP contribution >= 0.6 is 0 Å². The Labute approximate surface area is 348 Å². The molecule has 0 spiro atoms. The monoisotopic (exact) mass is 833 g/mol. The van der Waals surface area contributed by atoms with Crippen molar-refractivity contribution in [1.29, 1.82) is 0 Å². The largest absolute Gasteiger partial charge is 0.481 e. The number of hydrogen-bond donors (Lipinski definition) is 7. The van der Waals surface area contributed by atoms with Gasteiger partial charge in [0.15, 0.2) is 0 Å². The molecule has 5 amide bonds. The number of aliphatic carboxylic acids is 2. The van der Waals surface area contributed by atoms with E-state index < -0.39 is 109 Å². The van der Waals surface area contributed by atoms with Crippen LogP contribution in [-0.2, 0) is 42.9 Å². The molecule has 17 nitrogen and oxygen atoms in total. The number of carbonyl (C=O) groups excluding carboxylic acids is 5. The van der Waals surface area contributed by atoms with Crippen molar-refractivity contribution < 1.29 is 53.1 Å². The van der Waals surface area contributed by atoms with Crippen LogP contribution in [0.2, 0.25) is 0 Å². The van der Waals surface area contributed by atoms with Gasteiger partial charge in [-0.1, -0.05) is 68.2 Å². The van der Waals surface area contributed by atoms with E-state index in [1.54, 1.807) is 27.7 Å². The molecule has 5 rings (SSSR count). The number of rotatable bonds is 21. The standard InChI is InChI=1S/C41H69BN6O11/c1-21(2)12-10-14-30(42-58-29-19-24-18-28(40(24,7)8)41(29,9)59-42)45-37(55)27-13-11-17-48(27)39(57)34(23(5)6)47-38(56)33(22(3)4)46-36(54)26(15-16-31(49)50)44-35(53)25(43)20-32(51)52/h21-30,33-34H,10-20,43H2,1-9H3,(H,44,53)(H,45,55)(H,46,54)(H,47,56)(H,49,50)(H,51,52)/t24-,25-,26-,27-,28+,29+,30-,33-,34-,41-/m0/s1. The zero-order valence-corrected chi connectivity index (χ0v) is 36.4. The van der Waals surface area contributed by atoms with Gasteiger partial charge in [0.05, 0.1) is 30.1 Å². The minimum atomic E-state index is -1.50. The van der Waals surface area contributed by atoms with Crippen molar-refractivity contribution in [3.05, 3.63) is 0 Å². The van der Waals surface area contributed by atoms with E-state index in [1.165, 1.54) is 4.90 Å². The molecule has 0 aromatic rings. The lowest BCUT2D eigenvalue weighted by atomic mass is 9.43. The first-order valence-electron chi connectivity index (χ1n) is 21.5. The van der Waals surface area contributed by atoms with Gasteiger partial charge in [0.1, 0.15) is 24.2 Å². The number of carboxylic acids is 2. The predicted octanol–water partition coefficient (Wildman–Crippen LogP) is 1.99. The van der Waals surface area contributed by atoms with Crippen LogP contribution in [0.3, 0.4) is 0 Å². The number of amides is 5. The first-order chi connectivity index (χ1) is 27.5. The summed E-state index contributed by atoms with van der Waals surface area (Å²) in [5, 5.41) is 29.2. The van der Waals surface area contributed by atoms with Crippen LogP contribution in [0.25, 0.3) is 0 Å². The van der Waals surface area contributed by atoms with Gasteiger partial charge in [-0.25, -0.2) is 0 Å². The van der Waals surface area contributed by atoms with Gasteiger partial charge in [-0.05, 0) is 80.5 Å². The molecule has 8 N–H and O–H groups in total. The molecule has 59 heavy (non-hydrogen) atoms. The van der Waals surface area contributed by atoms with Gasteiger partial charge < -0.3 is 51.4 Å². The van der Waals surface area contributed by atoms with Gasteiger partial charge in [0, 0.05) is 13.0 Å². The second-order valence-corrected chi connectivity index (χ2v) is 19.1. The maximum Gasteiger partial charge on any atom is 0.481 e. The van der Waals surface area contributed by atoms with Gasteiger partial charge in [-0.15, -0.1) is 0 Å². The fourth-order valence-corrected chi connectivity index (χ4v) is 9.50. The van der Waals surface area contributed by atoms with E-state index in [1.807, 2.05) is 0 Å². The molecule has 2 bridgehead atoms. The molecule has 5 aliphatic rings. The van der Waals surface area contributed by atoms with Crippen LogP contribution in [0.4, 0.5) is 0 Å². The fourth-order valence-electron chi connectivity index (χ4n) is 9.50. The number of nitrogens with two attached hydrogens (primary N) is 1. The maximum atomic E-state index is 14.3. The van der Waals surface area contributed by atoms with Gasteiger partial charge in [0.2, 0.25) is 29.5 Å². The number of nitrogens with one attached hydrogen (secondary N) is 4. The highest BCUT2D eigenvalue weighted by Gasteiger charge is 2.68. The van der Waals surface area contributed by atoms with Gasteiger partial charge in [-0.3, -0.25) is 33.6 Å². The SMILES string of the molecule is CC(C)CCC[C@H](NC(=O)[C@@H]1CCCN1C(=O)[C@@H](NC(=O)[C@@H](NC(=O)[C@H](CCC(=O)O)NC(=O)[C@@H](N)CC(=O)O)C(C)C)C(C)C)B1O[C@@H]2C[C@@H]3C[C@H](C3(C)C)[C@]2(C)O1. The highest BCUT2D eigenvalue weighted by Crippen LogP contribution is 2.65. The van der Waals surface area contributed by atoms with E-state index in [0.717, 1.165) is 25.7 Å². The van der Waals surface area contributed by atoms with Crippen molar-refractivity contribution in [2.45, 2.75) is 174 Å². The number of nitrogens with zero attached hydrogens (tertiary/aromatic N) is 1. The van der Waals surface area contributed by atoms with Crippen LogP contribution in [0, 0.1) is 35.0 Å². The summed E-state index contributed by atoms with van der Waals surface area (Å²) in [5.41, 5.74) is 5.37. The van der Waals surface area contributed by atoms with E-state index in [2.05, 4.69) is 55.9 Å². The predicted molar refractivity (Wildman–Crippen MR) is 218 cm³/mol. The van der Waals surface area contributed by atoms with Crippen molar-refractivity contribution in [3.63, 3.8) is 0 Å². The van der Waals surface area contributed by atoms with E-state index in [0.29, 0.717) is 43.6 Å². The van der Waals surface area contributed by atoms with Crippen LogP contribution in [0.15, 0.2) is 0 Å². The summed E-state index contributed by atoms with van der Waals surface area (Å²) in [5.74, 6) is -5.82. The minimum absolute atomic E-state index is 0.0512. The molecule has 332 valence electrons. The van der Waals surface area contributed by atoms with Crippen molar-refractivity contribution in [1.82, 2.24) is 26.2 Å². The second kappa shape index (κ2) is 19.7. The highest BCUT2D eigenvalue weighted by molar-refractivity contribution is 6.48. The van der Waals surface area contributed by atoms with Crippen molar-refractivity contribution in [2.24, 2.45) is 40.7 Å². The normalized spacial score (nSPS) is 26.9. The number of carbonyl (C=O) groups is 7. The maximum absolute atomic E-state index is 14.3. The highest BCUT2D eigenvalue weighted by atomic mass is 16.7. The summed E-state index contributed by atoms with van der Waals surface area (Å²) in [6, 6.07) is -6.02. The Morgan fingerprint density at radius 1 is 0.814 bits per heavy atom. The molecular weight excluding hydrogens is 763 g/mol. The third-order valence-electron chi connectivity index (χ3n) is 13.2. The molecule has 5 fully saturated rings. The lowest BCUT2D eigenvalue weighted by molar-refractivity contribution is -0.199. The van der Waals surface area contributed by atoms with Crippen LogP contribution < -0.4 is 27.0 Å². The first-order valence-corrected chi connectivity index (χ1v) is 21.5. The lowest BCUT2D eigenvalue weighted by Gasteiger charge is -2.64. The third kappa shape index (κ3) is 11.3. The van der Waals surface area contributed by atoms with Crippen LogP contribution in [0.5, 0.6) is 0 Å². The lowest BCUT2D eigenvalue weighted by Crippen LogP contribution is -2.65. The van der Waals surface area contributed by atoms with E-state index in [-0.39, 0.29) is 23.8 Å². The number of likely N-dealkylation sites (tertiary alicyclic amines) is 1. The third-order valence-corrected chi connectivity index (χ3v) is 13.2. The first kappa shape index (κ1) is 47.9. The molecule has 2 aliphatic heterocycles. The van der Waals surface area contributed by atoms with E-state index in [9.17, 15) is 38.7 Å². The summed E-state index contributed by atoms with van der Waals surface area (Å²) in [6.07, 6.45) is 3.88. The van der Waals surface area contributed by atoms with Crippen molar-refractivity contribution in [3.8, 4) is 0 Å². The summed E-state index contributed by atoms with van der Waals surface area (Å²) >= 11 is 0. The molecule has 2 saturated heterocycles. The number of hydrogen-bond acceptors (Lipinski definition) is 10. The molecule has 18 heteroatoms. The number of carboxylic acid groups (broad SMARTS) is 2. The minimum Gasteiger partial charge on any atom is -0.481 e. The average molecular weight is 833 g/mol. The quantitative estimate of drug-likeness (QED) is 0.0821. The zero-order chi connectivity index (χ0) is 44.1. The van der Waals surface area contributed by atoms with E-state index in [4.69, 9.17) is 20.1 Å². The molecule has 2 heterocycles. The molecule has 0 aromatic carbocycles. The zero-order valence-electron chi connectivity index (χ0n) is 36.4.